The predicted molar refractivity (Wildman–Crippen MR) is 91.8 cm³/mol. The van der Waals surface area contributed by atoms with Gasteiger partial charge in [-0.15, -0.1) is 0 Å². The Bertz CT molecular complexity index is 346. The van der Waals surface area contributed by atoms with Gasteiger partial charge in [0.25, 0.3) is 10.1 Å². The van der Waals surface area contributed by atoms with Gasteiger partial charge in [0, 0.05) is 6.54 Å². The van der Waals surface area contributed by atoms with Crippen LogP contribution in [0.3, 0.4) is 0 Å². The highest BCUT2D eigenvalue weighted by Crippen LogP contribution is 2.10. The van der Waals surface area contributed by atoms with Gasteiger partial charge in [-0.2, -0.15) is 8.42 Å². The van der Waals surface area contributed by atoms with Crippen LogP contribution in [0, 0.1) is 0 Å². The molecule has 6 heteroatoms. The summed E-state index contributed by atoms with van der Waals surface area (Å²) in [4.78, 5) is 1.92. The molecule has 0 amide bonds. The van der Waals surface area contributed by atoms with Gasteiger partial charge >= 0.3 is 0 Å². The molecule has 0 heterocycles. The number of aliphatic hydroxyl groups is 1. The fraction of sp³-hybridized carbons (Fsp3) is 1.00. The maximum atomic E-state index is 10.6. The van der Waals surface area contributed by atoms with Crippen molar-refractivity contribution in [3.63, 3.8) is 0 Å². The zero-order chi connectivity index (χ0) is 16.8. The van der Waals surface area contributed by atoms with Gasteiger partial charge in [0.15, 0.2) is 0 Å². The molecule has 0 bridgehead atoms. The van der Waals surface area contributed by atoms with Crippen LogP contribution in [0.25, 0.3) is 0 Å². The molecule has 22 heavy (non-hydrogen) atoms. The molecule has 0 saturated heterocycles. The first-order valence-corrected chi connectivity index (χ1v) is 10.3. The lowest BCUT2D eigenvalue weighted by molar-refractivity contribution is 0.141. The minimum absolute atomic E-state index is 0.275. The van der Waals surface area contributed by atoms with Crippen molar-refractivity contribution in [1.82, 2.24) is 4.90 Å². The van der Waals surface area contributed by atoms with Crippen LogP contribution in [-0.4, -0.2) is 55.0 Å². The second-order valence-corrected chi connectivity index (χ2v) is 7.84. The van der Waals surface area contributed by atoms with Crippen LogP contribution >= 0.6 is 0 Å². The lowest BCUT2D eigenvalue weighted by atomic mass is 10.1. The third kappa shape index (κ3) is 16.2. The molecule has 0 aliphatic rings. The highest BCUT2D eigenvalue weighted by Gasteiger charge is 2.15. The van der Waals surface area contributed by atoms with Crippen LogP contribution in [0.5, 0.6) is 0 Å². The van der Waals surface area contributed by atoms with E-state index < -0.39 is 22.0 Å². The number of unbranched alkanes of at least 4 members (excludes halogenated alkanes) is 9. The minimum Gasteiger partial charge on any atom is -0.391 e. The largest absolute Gasteiger partial charge is 0.391 e. The molecule has 1 atom stereocenters. The summed E-state index contributed by atoms with van der Waals surface area (Å²) < 4.78 is 29.9. The zero-order valence-electron chi connectivity index (χ0n) is 14.3. The van der Waals surface area contributed by atoms with E-state index in [0.29, 0.717) is 0 Å². The van der Waals surface area contributed by atoms with Crippen LogP contribution in [0.4, 0.5) is 0 Å². The van der Waals surface area contributed by atoms with Gasteiger partial charge < -0.3 is 10.0 Å². The second kappa shape index (κ2) is 13.3. The second-order valence-electron chi connectivity index (χ2n) is 6.35. The van der Waals surface area contributed by atoms with E-state index in [2.05, 4.69) is 6.92 Å². The maximum Gasteiger partial charge on any atom is 0.267 e. The molecule has 0 fully saturated rings. The van der Waals surface area contributed by atoms with E-state index in [1.165, 1.54) is 57.8 Å². The first-order chi connectivity index (χ1) is 10.3. The van der Waals surface area contributed by atoms with Gasteiger partial charge in [0.1, 0.15) is 5.75 Å². The summed E-state index contributed by atoms with van der Waals surface area (Å²) in [5.74, 6) is -0.588. The molecule has 0 spiro atoms. The van der Waals surface area contributed by atoms with Gasteiger partial charge in [0.2, 0.25) is 0 Å². The molecule has 1 unspecified atom stereocenters. The van der Waals surface area contributed by atoms with E-state index in [9.17, 15) is 13.5 Å². The molecule has 134 valence electrons. The zero-order valence-corrected chi connectivity index (χ0v) is 15.2. The normalized spacial score (nSPS) is 13.7. The van der Waals surface area contributed by atoms with Crippen molar-refractivity contribution in [1.29, 1.82) is 0 Å². The van der Waals surface area contributed by atoms with Crippen LogP contribution in [-0.2, 0) is 10.1 Å². The minimum atomic E-state index is -4.09. The molecule has 0 radical (unpaired) electrons. The van der Waals surface area contributed by atoms with Gasteiger partial charge in [-0.1, -0.05) is 64.7 Å². The SMILES string of the molecule is CCCCCCCCCCCCN(C)CC(O)CS(=O)(=O)O. The van der Waals surface area contributed by atoms with Gasteiger partial charge in [0.05, 0.1) is 6.10 Å². The van der Waals surface area contributed by atoms with E-state index in [4.69, 9.17) is 4.55 Å². The molecular formula is C16H35NO4S. The Labute approximate surface area is 136 Å². The highest BCUT2D eigenvalue weighted by atomic mass is 32.2. The van der Waals surface area contributed by atoms with Crippen molar-refractivity contribution < 1.29 is 18.1 Å². The number of aliphatic hydroxyl groups excluding tert-OH is 1. The summed E-state index contributed by atoms with van der Waals surface area (Å²) in [6.07, 6.45) is 11.8. The maximum absolute atomic E-state index is 10.6. The molecule has 0 aromatic rings. The first-order valence-electron chi connectivity index (χ1n) is 8.67. The quantitative estimate of drug-likeness (QED) is 0.355. The topological polar surface area (TPSA) is 77.8 Å². The van der Waals surface area contributed by atoms with Crippen LogP contribution in [0.2, 0.25) is 0 Å². The van der Waals surface area contributed by atoms with E-state index in [0.717, 1.165) is 13.0 Å². The average Bonchev–Trinajstić information content (AvgIpc) is 2.38. The molecule has 0 aromatic carbocycles. The monoisotopic (exact) mass is 337 g/mol. The van der Waals surface area contributed by atoms with Crippen molar-refractivity contribution in [2.24, 2.45) is 0 Å². The Kier molecular flexibility index (Phi) is 13.2. The van der Waals surface area contributed by atoms with Crippen molar-refractivity contribution >= 4 is 10.1 Å². The Morgan fingerprint density at radius 3 is 1.82 bits per heavy atom. The Balaban J connectivity index is 3.40. The summed E-state index contributed by atoms with van der Waals surface area (Å²) in [5, 5.41) is 9.54. The van der Waals surface area contributed by atoms with E-state index in [1.54, 1.807) is 0 Å². The van der Waals surface area contributed by atoms with Crippen molar-refractivity contribution in [2.45, 2.75) is 77.2 Å². The molecule has 0 rings (SSSR count). The molecule has 0 saturated carbocycles. The summed E-state index contributed by atoms with van der Waals surface area (Å²) in [5.41, 5.74) is 0. The summed E-state index contributed by atoms with van der Waals surface area (Å²) >= 11 is 0. The molecule has 0 aromatic heterocycles. The molecule has 0 aliphatic heterocycles. The third-order valence-corrected chi connectivity index (χ3v) is 4.62. The van der Waals surface area contributed by atoms with E-state index in [1.807, 2.05) is 11.9 Å². The van der Waals surface area contributed by atoms with E-state index >= 15 is 0 Å². The number of nitrogens with zero attached hydrogens (tertiary/aromatic N) is 1. The summed E-state index contributed by atoms with van der Waals surface area (Å²) in [7, 11) is -2.23. The third-order valence-electron chi connectivity index (χ3n) is 3.82. The lowest BCUT2D eigenvalue weighted by Gasteiger charge is -2.19. The average molecular weight is 338 g/mol. The predicted octanol–water partition coefficient (Wildman–Crippen LogP) is 3.09. The van der Waals surface area contributed by atoms with Gasteiger partial charge in [-0.05, 0) is 20.0 Å². The summed E-state index contributed by atoms with van der Waals surface area (Å²) in [6, 6.07) is 0. The smallest absolute Gasteiger partial charge is 0.267 e. The molecule has 2 N–H and O–H groups in total. The highest BCUT2D eigenvalue weighted by molar-refractivity contribution is 7.85. The Morgan fingerprint density at radius 1 is 0.909 bits per heavy atom. The standard InChI is InChI=1S/C16H35NO4S/c1-3-4-5-6-7-8-9-10-11-12-13-17(2)14-16(18)15-22(19,20)21/h16,18H,3-15H2,1-2H3,(H,19,20,21). The Morgan fingerprint density at radius 2 is 1.36 bits per heavy atom. The van der Waals surface area contributed by atoms with Crippen molar-refractivity contribution in [3.05, 3.63) is 0 Å². The van der Waals surface area contributed by atoms with Gasteiger partial charge in [-0.3, -0.25) is 4.55 Å². The fourth-order valence-electron chi connectivity index (χ4n) is 2.62. The van der Waals surface area contributed by atoms with Crippen LogP contribution in [0.1, 0.15) is 71.1 Å². The lowest BCUT2D eigenvalue weighted by Crippen LogP contribution is -2.34. The number of hydrogen-bond donors (Lipinski definition) is 2. The van der Waals surface area contributed by atoms with Gasteiger partial charge in [-0.25, -0.2) is 0 Å². The molecule has 0 aliphatic carbocycles. The van der Waals surface area contributed by atoms with Crippen molar-refractivity contribution in [3.8, 4) is 0 Å². The van der Waals surface area contributed by atoms with E-state index in [-0.39, 0.29) is 6.54 Å². The van der Waals surface area contributed by atoms with Crippen molar-refractivity contribution in [2.75, 3.05) is 25.9 Å². The first kappa shape index (κ1) is 21.8. The number of rotatable bonds is 15. The Hall–Kier alpha value is -0.170. The molecule has 5 nitrogen and oxygen atoms in total. The van der Waals surface area contributed by atoms with Crippen LogP contribution < -0.4 is 0 Å². The van der Waals surface area contributed by atoms with Crippen LogP contribution in [0.15, 0.2) is 0 Å². The fourth-order valence-corrected chi connectivity index (χ4v) is 3.21. The molecular weight excluding hydrogens is 302 g/mol. The number of likely N-dealkylation sites (N-methyl/N-ethyl adjacent to an activating group) is 1. The number of hydrogen-bond acceptors (Lipinski definition) is 4. The summed E-state index contributed by atoms with van der Waals surface area (Å²) in [6.45, 7) is 3.36.